The number of aliphatic hydroxyl groups is 4. The van der Waals surface area contributed by atoms with Crippen LogP contribution in [0, 0.1) is 0 Å². The van der Waals surface area contributed by atoms with Crippen LogP contribution >= 0.6 is 0 Å². The molecule has 0 unspecified atom stereocenters. The first kappa shape index (κ1) is 29.9. The zero-order valence-corrected chi connectivity index (χ0v) is 19.2. The molecule has 196 valence electrons. The molecular formula is C20H28N8O8. The predicted octanol–water partition coefficient (Wildman–Crippen LogP) is -4.16. The smallest absolute Gasteiger partial charge is 0.271 e. The molecule has 0 fully saturated rings. The van der Waals surface area contributed by atoms with Crippen molar-refractivity contribution in [2.24, 2.45) is 0 Å². The summed E-state index contributed by atoms with van der Waals surface area (Å²) in [6.45, 7) is -0.255. The van der Waals surface area contributed by atoms with Crippen LogP contribution in [0.2, 0.25) is 0 Å². The Balaban J connectivity index is 0.000000360. The minimum atomic E-state index is -0.520. The molecule has 0 bridgehead atoms. The van der Waals surface area contributed by atoms with Gasteiger partial charge >= 0.3 is 0 Å². The normalized spacial score (nSPS) is 9.89. The zero-order valence-electron chi connectivity index (χ0n) is 19.2. The van der Waals surface area contributed by atoms with E-state index in [9.17, 15) is 19.2 Å². The summed E-state index contributed by atoms with van der Waals surface area (Å²) in [4.78, 5) is 60.9. The number of nitrogens with one attached hydrogen (secondary N) is 4. The number of hydrogen-bond acceptors (Lipinski definition) is 12. The lowest BCUT2D eigenvalue weighted by Crippen LogP contribution is -2.30. The van der Waals surface area contributed by atoms with Crippen molar-refractivity contribution in [3.63, 3.8) is 0 Å². The van der Waals surface area contributed by atoms with Gasteiger partial charge in [0.15, 0.2) is 0 Å². The van der Waals surface area contributed by atoms with Crippen LogP contribution in [-0.4, -0.2) is 117 Å². The van der Waals surface area contributed by atoms with Gasteiger partial charge in [-0.25, -0.2) is 15.0 Å². The first-order chi connectivity index (χ1) is 17.4. The highest BCUT2D eigenvalue weighted by molar-refractivity contribution is 5.96. The summed E-state index contributed by atoms with van der Waals surface area (Å²) in [6, 6.07) is 0. The second-order valence-electron chi connectivity index (χ2n) is 6.49. The van der Waals surface area contributed by atoms with Gasteiger partial charge in [0.05, 0.1) is 51.2 Å². The van der Waals surface area contributed by atoms with Crippen LogP contribution in [0.15, 0.2) is 24.8 Å². The molecule has 0 spiro atoms. The summed E-state index contributed by atoms with van der Waals surface area (Å²) in [5.41, 5.74) is 0.0875. The van der Waals surface area contributed by atoms with Crippen LogP contribution in [0.5, 0.6) is 0 Å². The molecule has 16 heteroatoms. The standard InChI is InChI=1S/2C10H14N4O4/c15-3-1-12-9(17)7-5-11-6-8(14-7)10(18)13-2-4-16;15-3-1-11-9(17)7-5-14-8(6-13-7)10(18)12-2-4-16/h5-6,15-16H,1-4H2,(H,12,17)(H,13,18);5-6,15-16H,1-4H2,(H,11,17)(H,12,18). The molecule has 0 atom stereocenters. The monoisotopic (exact) mass is 508 g/mol. The first-order valence-corrected chi connectivity index (χ1v) is 10.6. The van der Waals surface area contributed by atoms with Crippen LogP contribution in [0.4, 0.5) is 0 Å². The summed E-state index contributed by atoms with van der Waals surface area (Å²) >= 11 is 0. The van der Waals surface area contributed by atoms with Crippen molar-refractivity contribution in [1.82, 2.24) is 41.2 Å². The quantitative estimate of drug-likeness (QED) is 0.136. The number of amides is 4. The predicted molar refractivity (Wildman–Crippen MR) is 122 cm³/mol. The highest BCUT2D eigenvalue weighted by atomic mass is 16.3. The molecule has 0 saturated carbocycles. The highest BCUT2D eigenvalue weighted by Gasteiger charge is 2.13. The molecule has 2 aromatic heterocycles. The van der Waals surface area contributed by atoms with Crippen molar-refractivity contribution in [3.8, 4) is 0 Å². The number of aromatic nitrogens is 4. The maximum absolute atomic E-state index is 11.5. The van der Waals surface area contributed by atoms with E-state index in [1.54, 1.807) is 0 Å². The van der Waals surface area contributed by atoms with E-state index in [1.165, 1.54) is 24.8 Å². The van der Waals surface area contributed by atoms with Crippen LogP contribution < -0.4 is 21.3 Å². The van der Waals surface area contributed by atoms with Crippen molar-refractivity contribution in [2.45, 2.75) is 0 Å². The van der Waals surface area contributed by atoms with Gasteiger partial charge < -0.3 is 41.7 Å². The van der Waals surface area contributed by atoms with Gasteiger partial charge in [-0.2, -0.15) is 0 Å². The van der Waals surface area contributed by atoms with E-state index in [0.29, 0.717) is 0 Å². The number of aliphatic hydroxyl groups excluding tert-OH is 4. The van der Waals surface area contributed by atoms with Crippen molar-refractivity contribution in [1.29, 1.82) is 0 Å². The lowest BCUT2D eigenvalue weighted by molar-refractivity contribution is 0.0925. The van der Waals surface area contributed by atoms with Crippen LogP contribution in [0.1, 0.15) is 42.0 Å². The minimum absolute atomic E-state index is 0.0138. The second kappa shape index (κ2) is 17.3. The van der Waals surface area contributed by atoms with Gasteiger partial charge in [-0.3, -0.25) is 24.2 Å². The van der Waals surface area contributed by atoms with E-state index in [2.05, 4.69) is 41.2 Å². The van der Waals surface area contributed by atoms with Gasteiger partial charge in [-0.15, -0.1) is 0 Å². The fourth-order valence-electron chi connectivity index (χ4n) is 2.19. The number of nitrogens with zero attached hydrogens (tertiary/aromatic N) is 4. The molecule has 0 radical (unpaired) electrons. The third-order valence-corrected chi connectivity index (χ3v) is 3.81. The molecule has 8 N–H and O–H groups in total. The summed E-state index contributed by atoms with van der Waals surface area (Å²) in [6.07, 6.45) is 4.77. The molecule has 0 aliphatic rings. The first-order valence-electron chi connectivity index (χ1n) is 10.6. The number of hydrogen-bond donors (Lipinski definition) is 8. The summed E-state index contributed by atoms with van der Waals surface area (Å²) in [5.74, 6) is -1.99. The van der Waals surface area contributed by atoms with Gasteiger partial charge in [0.1, 0.15) is 22.8 Å². The van der Waals surface area contributed by atoms with E-state index in [0.717, 1.165) is 0 Å². The van der Waals surface area contributed by atoms with Crippen LogP contribution in [0.25, 0.3) is 0 Å². The lowest BCUT2D eigenvalue weighted by atomic mass is 10.3. The van der Waals surface area contributed by atoms with Gasteiger partial charge in [0, 0.05) is 26.2 Å². The van der Waals surface area contributed by atoms with E-state index in [1.807, 2.05) is 0 Å². The average Bonchev–Trinajstić information content (AvgIpc) is 2.92. The molecule has 36 heavy (non-hydrogen) atoms. The molecule has 0 aromatic carbocycles. The van der Waals surface area contributed by atoms with Gasteiger partial charge in [0.2, 0.25) is 0 Å². The van der Waals surface area contributed by atoms with Gasteiger partial charge in [-0.1, -0.05) is 0 Å². The van der Waals surface area contributed by atoms with Gasteiger partial charge in [-0.05, 0) is 0 Å². The SMILES string of the molecule is O=C(NCCO)c1cnc(C(=O)NCCO)cn1.O=C(NCCO)c1cncc(C(=O)NCCO)n1. The molecule has 2 rings (SSSR count). The fraction of sp³-hybridized carbons (Fsp3) is 0.400. The topological polar surface area (TPSA) is 249 Å². The summed E-state index contributed by atoms with van der Waals surface area (Å²) in [7, 11) is 0. The Bertz CT molecular complexity index is 916. The third kappa shape index (κ3) is 10.9. The Morgan fingerprint density at radius 2 is 0.833 bits per heavy atom. The average molecular weight is 508 g/mol. The third-order valence-electron chi connectivity index (χ3n) is 3.81. The zero-order chi connectivity index (χ0) is 26.8. The van der Waals surface area contributed by atoms with E-state index < -0.39 is 23.6 Å². The Morgan fingerprint density at radius 3 is 1.11 bits per heavy atom. The Morgan fingerprint density at radius 1 is 0.528 bits per heavy atom. The van der Waals surface area contributed by atoms with E-state index in [-0.39, 0.29) is 75.4 Å². The van der Waals surface area contributed by atoms with E-state index in [4.69, 9.17) is 20.4 Å². The minimum Gasteiger partial charge on any atom is -0.395 e. The molecule has 16 nitrogen and oxygen atoms in total. The number of carbonyl (C=O) groups is 4. The molecule has 2 heterocycles. The Kier molecular flexibility index (Phi) is 14.4. The molecule has 0 aliphatic carbocycles. The van der Waals surface area contributed by atoms with Crippen molar-refractivity contribution >= 4 is 23.6 Å². The molecule has 4 amide bonds. The Labute approximate surface area is 205 Å². The van der Waals surface area contributed by atoms with Crippen molar-refractivity contribution < 1.29 is 39.6 Å². The maximum Gasteiger partial charge on any atom is 0.271 e. The number of rotatable bonds is 12. The summed E-state index contributed by atoms with van der Waals surface area (Å²) < 4.78 is 0. The second-order valence-corrected chi connectivity index (χ2v) is 6.49. The summed E-state index contributed by atoms with van der Waals surface area (Å²) in [5, 5.41) is 43.8. The largest absolute Gasteiger partial charge is 0.395 e. The van der Waals surface area contributed by atoms with Gasteiger partial charge in [0.25, 0.3) is 23.6 Å². The maximum atomic E-state index is 11.5. The van der Waals surface area contributed by atoms with Crippen LogP contribution in [0.3, 0.4) is 0 Å². The fourth-order valence-corrected chi connectivity index (χ4v) is 2.19. The van der Waals surface area contributed by atoms with E-state index >= 15 is 0 Å². The van der Waals surface area contributed by atoms with Crippen molar-refractivity contribution in [3.05, 3.63) is 47.6 Å². The number of carbonyl (C=O) groups excluding carboxylic acids is 4. The molecular weight excluding hydrogens is 480 g/mol. The van der Waals surface area contributed by atoms with Crippen molar-refractivity contribution in [2.75, 3.05) is 52.6 Å². The molecule has 2 aromatic rings. The Hall–Kier alpha value is -4.12. The molecule has 0 saturated heterocycles. The lowest BCUT2D eigenvalue weighted by Gasteiger charge is -2.05. The van der Waals surface area contributed by atoms with Crippen LogP contribution in [-0.2, 0) is 0 Å². The highest BCUT2D eigenvalue weighted by Crippen LogP contribution is 1.97. The molecule has 0 aliphatic heterocycles.